The van der Waals surface area contributed by atoms with Gasteiger partial charge in [0, 0.05) is 11.0 Å². The van der Waals surface area contributed by atoms with E-state index in [9.17, 15) is 13.2 Å². The van der Waals surface area contributed by atoms with E-state index in [0.29, 0.717) is 13.0 Å². The van der Waals surface area contributed by atoms with Gasteiger partial charge in [-0.05, 0) is 40.5 Å². The van der Waals surface area contributed by atoms with Gasteiger partial charge in [-0.1, -0.05) is 6.08 Å². The molecule has 0 aliphatic rings. The minimum absolute atomic E-state index is 0.00795. The van der Waals surface area contributed by atoms with Crippen molar-refractivity contribution in [3.63, 3.8) is 0 Å². The van der Waals surface area contributed by atoms with Gasteiger partial charge in [0.25, 0.3) is 0 Å². The molecule has 0 aliphatic carbocycles. The number of benzene rings is 1. The number of ether oxygens (including phenoxy) is 1. The van der Waals surface area contributed by atoms with Gasteiger partial charge in [-0.15, -0.1) is 6.58 Å². The zero-order chi connectivity index (χ0) is 15.9. The summed E-state index contributed by atoms with van der Waals surface area (Å²) in [5.41, 5.74) is 0.00795. The summed E-state index contributed by atoms with van der Waals surface area (Å²) in [7, 11) is -3.72. The number of rotatable bonds is 9. The lowest BCUT2D eigenvalue weighted by molar-refractivity contribution is 0.0696. The van der Waals surface area contributed by atoms with Crippen molar-refractivity contribution in [2.75, 3.05) is 19.8 Å². The minimum atomic E-state index is -3.72. The quantitative estimate of drug-likeness (QED) is 0.507. The van der Waals surface area contributed by atoms with E-state index in [0.717, 1.165) is 0 Å². The van der Waals surface area contributed by atoms with Gasteiger partial charge in [0.1, 0.15) is 0 Å². The van der Waals surface area contributed by atoms with Crippen LogP contribution >= 0.6 is 15.9 Å². The second-order valence-corrected chi connectivity index (χ2v) is 6.63. The topological polar surface area (TPSA) is 92.7 Å². The first-order valence-corrected chi connectivity index (χ1v) is 8.37. The third kappa shape index (κ3) is 5.58. The summed E-state index contributed by atoms with van der Waals surface area (Å²) in [5, 5.41) is 8.84. The van der Waals surface area contributed by atoms with Crippen LogP contribution < -0.4 is 4.72 Å². The van der Waals surface area contributed by atoms with E-state index in [1.165, 1.54) is 18.2 Å². The second kappa shape index (κ2) is 8.28. The summed E-state index contributed by atoms with van der Waals surface area (Å²) in [6, 6.07) is 3.73. The number of carboxylic acids is 1. The SMILES string of the molecule is C=CCCOCCNS(=O)(=O)c1ccc(C(=O)O)cc1Br. The molecule has 0 aromatic heterocycles. The van der Waals surface area contributed by atoms with Gasteiger partial charge < -0.3 is 9.84 Å². The maximum absolute atomic E-state index is 12.1. The monoisotopic (exact) mass is 377 g/mol. The molecule has 0 aliphatic heterocycles. The van der Waals surface area contributed by atoms with Crippen molar-refractivity contribution in [3.05, 3.63) is 40.9 Å². The standard InChI is InChI=1S/C13H16BrNO5S/c1-2-3-7-20-8-6-15-21(18,19)12-5-4-10(13(16)17)9-11(12)14/h2,4-5,9,15H,1,3,6-8H2,(H,16,17). The Balaban J connectivity index is 2.66. The zero-order valence-corrected chi connectivity index (χ0v) is 13.6. The summed E-state index contributed by atoms with van der Waals surface area (Å²) < 4.78 is 31.9. The molecular weight excluding hydrogens is 362 g/mol. The van der Waals surface area contributed by atoms with E-state index < -0.39 is 16.0 Å². The first-order chi connectivity index (χ1) is 9.88. The molecule has 8 heteroatoms. The number of carbonyl (C=O) groups is 1. The van der Waals surface area contributed by atoms with Gasteiger partial charge in [0.2, 0.25) is 10.0 Å². The number of hydrogen-bond donors (Lipinski definition) is 2. The molecule has 0 radical (unpaired) electrons. The van der Waals surface area contributed by atoms with Crippen LogP contribution in [0.1, 0.15) is 16.8 Å². The Bertz CT molecular complexity index is 615. The van der Waals surface area contributed by atoms with Gasteiger partial charge in [0.15, 0.2) is 0 Å². The highest BCUT2D eigenvalue weighted by atomic mass is 79.9. The average molecular weight is 378 g/mol. The molecule has 1 rings (SSSR count). The van der Waals surface area contributed by atoms with Crippen LogP contribution in [0.15, 0.2) is 40.2 Å². The highest BCUT2D eigenvalue weighted by Gasteiger charge is 2.18. The first-order valence-electron chi connectivity index (χ1n) is 6.09. The fourth-order valence-corrected chi connectivity index (χ4v) is 3.53. The van der Waals surface area contributed by atoms with E-state index in [2.05, 4.69) is 27.2 Å². The van der Waals surface area contributed by atoms with Crippen LogP contribution in [0.5, 0.6) is 0 Å². The van der Waals surface area contributed by atoms with E-state index in [4.69, 9.17) is 9.84 Å². The Morgan fingerprint density at radius 1 is 1.43 bits per heavy atom. The van der Waals surface area contributed by atoms with Crippen LogP contribution in [-0.4, -0.2) is 39.3 Å². The molecule has 0 bridgehead atoms. The fraction of sp³-hybridized carbons (Fsp3) is 0.308. The van der Waals surface area contributed by atoms with E-state index in [-0.39, 0.29) is 28.1 Å². The van der Waals surface area contributed by atoms with Gasteiger partial charge in [-0.25, -0.2) is 17.9 Å². The lowest BCUT2D eigenvalue weighted by Gasteiger charge is -2.09. The summed E-state index contributed by atoms with van der Waals surface area (Å²) in [6.45, 7) is 4.42. The molecule has 0 saturated heterocycles. The van der Waals surface area contributed by atoms with Crippen molar-refractivity contribution in [1.29, 1.82) is 0 Å². The smallest absolute Gasteiger partial charge is 0.335 e. The summed E-state index contributed by atoms with van der Waals surface area (Å²) in [6.07, 6.45) is 2.42. The lowest BCUT2D eigenvalue weighted by Crippen LogP contribution is -2.28. The molecule has 0 atom stereocenters. The van der Waals surface area contributed by atoms with Gasteiger partial charge in [-0.2, -0.15) is 0 Å². The molecular formula is C13H16BrNO5S. The van der Waals surface area contributed by atoms with Crippen molar-refractivity contribution >= 4 is 31.9 Å². The van der Waals surface area contributed by atoms with Crippen molar-refractivity contribution < 1.29 is 23.1 Å². The molecule has 0 heterocycles. The average Bonchev–Trinajstić information content (AvgIpc) is 2.42. The molecule has 1 aromatic carbocycles. The van der Waals surface area contributed by atoms with Gasteiger partial charge in [-0.3, -0.25) is 0 Å². The van der Waals surface area contributed by atoms with E-state index in [1.54, 1.807) is 6.08 Å². The molecule has 6 nitrogen and oxygen atoms in total. The normalized spacial score (nSPS) is 11.3. The number of nitrogens with one attached hydrogen (secondary N) is 1. The molecule has 0 unspecified atom stereocenters. The Morgan fingerprint density at radius 2 is 2.14 bits per heavy atom. The molecule has 0 fully saturated rings. The van der Waals surface area contributed by atoms with Crippen molar-refractivity contribution in [3.8, 4) is 0 Å². The molecule has 21 heavy (non-hydrogen) atoms. The maximum Gasteiger partial charge on any atom is 0.335 e. The highest BCUT2D eigenvalue weighted by Crippen LogP contribution is 2.23. The van der Waals surface area contributed by atoms with Crippen molar-refractivity contribution in [2.24, 2.45) is 0 Å². The summed E-state index contributed by atoms with van der Waals surface area (Å²) >= 11 is 3.07. The Labute approximate surface area is 132 Å². The lowest BCUT2D eigenvalue weighted by atomic mass is 10.2. The molecule has 0 amide bonds. The van der Waals surface area contributed by atoms with Crippen LogP contribution in [0.3, 0.4) is 0 Å². The van der Waals surface area contributed by atoms with Crippen LogP contribution in [0.25, 0.3) is 0 Å². The molecule has 1 aromatic rings. The molecule has 0 saturated carbocycles. The Kier molecular flexibility index (Phi) is 7.03. The van der Waals surface area contributed by atoms with E-state index >= 15 is 0 Å². The predicted molar refractivity (Wildman–Crippen MR) is 81.9 cm³/mol. The molecule has 2 N–H and O–H groups in total. The Hall–Kier alpha value is -1.22. The fourth-order valence-electron chi connectivity index (χ4n) is 1.45. The number of aromatic carboxylic acids is 1. The minimum Gasteiger partial charge on any atom is -0.478 e. The maximum atomic E-state index is 12.1. The number of halogens is 1. The second-order valence-electron chi connectivity index (χ2n) is 4.04. The van der Waals surface area contributed by atoms with Crippen LogP contribution in [0.2, 0.25) is 0 Å². The first kappa shape index (κ1) is 17.8. The Morgan fingerprint density at radius 3 is 2.71 bits per heavy atom. The van der Waals surface area contributed by atoms with Crippen molar-refractivity contribution in [1.82, 2.24) is 4.72 Å². The highest BCUT2D eigenvalue weighted by molar-refractivity contribution is 9.10. The number of hydrogen-bond acceptors (Lipinski definition) is 4. The van der Waals surface area contributed by atoms with Crippen LogP contribution in [0.4, 0.5) is 0 Å². The molecule has 116 valence electrons. The largest absolute Gasteiger partial charge is 0.478 e. The number of carboxylic acid groups (broad SMARTS) is 1. The summed E-state index contributed by atoms with van der Waals surface area (Å²) in [4.78, 5) is 10.8. The predicted octanol–water partition coefficient (Wildman–Crippen LogP) is 2.02. The third-order valence-electron chi connectivity index (χ3n) is 2.47. The zero-order valence-electron chi connectivity index (χ0n) is 11.2. The van der Waals surface area contributed by atoms with Crippen LogP contribution in [0, 0.1) is 0 Å². The van der Waals surface area contributed by atoms with E-state index in [1.807, 2.05) is 0 Å². The molecule has 0 spiro atoms. The van der Waals surface area contributed by atoms with Crippen molar-refractivity contribution in [2.45, 2.75) is 11.3 Å². The summed E-state index contributed by atoms with van der Waals surface area (Å²) in [5.74, 6) is -1.12. The van der Waals surface area contributed by atoms with Gasteiger partial charge >= 0.3 is 5.97 Å². The third-order valence-corrected chi connectivity index (χ3v) is 4.91. The number of sulfonamides is 1. The van der Waals surface area contributed by atoms with Gasteiger partial charge in [0.05, 0.1) is 23.7 Å². The van der Waals surface area contributed by atoms with Crippen LogP contribution in [-0.2, 0) is 14.8 Å².